The van der Waals surface area contributed by atoms with Gasteiger partial charge in [0.05, 0.1) is 18.8 Å². The number of ether oxygens (including phenoxy) is 1. The molecule has 0 N–H and O–H groups in total. The van der Waals surface area contributed by atoms with Crippen LogP contribution in [0, 0.1) is 0 Å². The summed E-state index contributed by atoms with van der Waals surface area (Å²) in [6.45, 7) is 3.33. The standard InChI is InChI=1S/C15H20N2O2/c1-16-9-10-19-14-7-8-17(11-13(14)16)15(18)12-5-3-2-4-6-12/h2-6,13-14H,7-11H2,1H3/t13-,14?/m0/s1. The fourth-order valence-electron chi connectivity index (χ4n) is 2.99. The van der Waals surface area contributed by atoms with Crippen LogP contribution in [0.1, 0.15) is 16.8 Å². The van der Waals surface area contributed by atoms with Crippen LogP contribution in [0.25, 0.3) is 0 Å². The zero-order valence-corrected chi connectivity index (χ0v) is 11.3. The third-order valence-corrected chi connectivity index (χ3v) is 4.17. The molecule has 4 nitrogen and oxygen atoms in total. The SMILES string of the molecule is CN1CCOC2CCN(C(=O)c3ccccc3)C[C@@H]21. The van der Waals surface area contributed by atoms with Gasteiger partial charge in [-0.3, -0.25) is 9.69 Å². The fourth-order valence-corrected chi connectivity index (χ4v) is 2.99. The maximum absolute atomic E-state index is 12.4. The summed E-state index contributed by atoms with van der Waals surface area (Å²) in [6, 6.07) is 9.87. The second kappa shape index (κ2) is 5.31. The summed E-state index contributed by atoms with van der Waals surface area (Å²) in [6.07, 6.45) is 1.23. The van der Waals surface area contributed by atoms with Gasteiger partial charge in [0.2, 0.25) is 0 Å². The number of carbonyl (C=O) groups excluding carboxylic acids is 1. The monoisotopic (exact) mass is 260 g/mol. The number of benzene rings is 1. The molecule has 0 spiro atoms. The average molecular weight is 260 g/mol. The van der Waals surface area contributed by atoms with Crippen LogP contribution in [0.2, 0.25) is 0 Å². The van der Waals surface area contributed by atoms with Gasteiger partial charge in [-0.2, -0.15) is 0 Å². The van der Waals surface area contributed by atoms with Gasteiger partial charge >= 0.3 is 0 Å². The van der Waals surface area contributed by atoms with Gasteiger partial charge in [-0.15, -0.1) is 0 Å². The number of fused-ring (bicyclic) bond motifs is 1. The molecular formula is C15H20N2O2. The summed E-state index contributed by atoms with van der Waals surface area (Å²) < 4.78 is 5.81. The molecule has 1 unspecified atom stereocenters. The number of hydrogen-bond acceptors (Lipinski definition) is 3. The van der Waals surface area contributed by atoms with E-state index in [0.717, 1.165) is 38.2 Å². The van der Waals surface area contributed by atoms with Crippen LogP contribution in [-0.2, 0) is 4.74 Å². The van der Waals surface area contributed by atoms with Crippen LogP contribution >= 0.6 is 0 Å². The zero-order valence-electron chi connectivity index (χ0n) is 11.3. The highest BCUT2D eigenvalue weighted by Gasteiger charge is 2.36. The van der Waals surface area contributed by atoms with E-state index in [1.165, 1.54) is 0 Å². The summed E-state index contributed by atoms with van der Waals surface area (Å²) in [5, 5.41) is 0. The van der Waals surface area contributed by atoms with E-state index in [-0.39, 0.29) is 5.91 Å². The summed E-state index contributed by atoms with van der Waals surface area (Å²) in [7, 11) is 2.12. The van der Waals surface area contributed by atoms with Crippen LogP contribution in [0.5, 0.6) is 0 Å². The highest BCUT2D eigenvalue weighted by atomic mass is 16.5. The molecule has 1 aromatic rings. The lowest BCUT2D eigenvalue weighted by Gasteiger charge is -2.45. The Balaban J connectivity index is 1.71. The Morgan fingerprint density at radius 1 is 1.26 bits per heavy atom. The number of rotatable bonds is 1. The van der Waals surface area contributed by atoms with Crippen molar-refractivity contribution >= 4 is 5.91 Å². The van der Waals surface area contributed by atoms with Crippen LogP contribution in [0.4, 0.5) is 0 Å². The molecule has 1 amide bonds. The molecule has 2 atom stereocenters. The van der Waals surface area contributed by atoms with Crippen molar-refractivity contribution in [2.75, 3.05) is 33.3 Å². The molecule has 2 heterocycles. The minimum Gasteiger partial charge on any atom is -0.375 e. The molecule has 19 heavy (non-hydrogen) atoms. The van der Waals surface area contributed by atoms with Gasteiger partial charge in [-0.25, -0.2) is 0 Å². The number of amides is 1. The van der Waals surface area contributed by atoms with Crippen molar-refractivity contribution in [2.45, 2.75) is 18.6 Å². The van der Waals surface area contributed by atoms with E-state index in [9.17, 15) is 4.79 Å². The topological polar surface area (TPSA) is 32.8 Å². The second-order valence-corrected chi connectivity index (χ2v) is 5.36. The number of likely N-dealkylation sites (tertiary alicyclic amines) is 1. The Labute approximate surface area is 113 Å². The van der Waals surface area contributed by atoms with Gasteiger partial charge in [0.25, 0.3) is 5.91 Å². The second-order valence-electron chi connectivity index (χ2n) is 5.36. The van der Waals surface area contributed by atoms with Gasteiger partial charge < -0.3 is 9.64 Å². The molecule has 2 saturated heterocycles. The summed E-state index contributed by atoms with van der Waals surface area (Å²) in [5.41, 5.74) is 0.778. The molecule has 102 valence electrons. The minimum absolute atomic E-state index is 0.137. The molecule has 0 saturated carbocycles. The fraction of sp³-hybridized carbons (Fsp3) is 0.533. The lowest BCUT2D eigenvalue weighted by Crippen LogP contribution is -2.59. The summed E-state index contributed by atoms with van der Waals surface area (Å²) in [5.74, 6) is 0.137. The van der Waals surface area contributed by atoms with Crippen molar-refractivity contribution < 1.29 is 9.53 Å². The van der Waals surface area contributed by atoms with Crippen molar-refractivity contribution in [2.24, 2.45) is 0 Å². The Morgan fingerprint density at radius 3 is 2.84 bits per heavy atom. The van der Waals surface area contributed by atoms with Gasteiger partial charge in [0, 0.05) is 25.2 Å². The van der Waals surface area contributed by atoms with Gasteiger partial charge in [0.15, 0.2) is 0 Å². The van der Waals surface area contributed by atoms with Crippen molar-refractivity contribution in [3.63, 3.8) is 0 Å². The lowest BCUT2D eigenvalue weighted by molar-refractivity contribution is -0.0893. The summed E-state index contributed by atoms with van der Waals surface area (Å²) in [4.78, 5) is 16.7. The van der Waals surface area contributed by atoms with Crippen LogP contribution in [0.3, 0.4) is 0 Å². The number of morpholine rings is 1. The first-order valence-corrected chi connectivity index (χ1v) is 6.92. The zero-order chi connectivity index (χ0) is 13.2. The lowest BCUT2D eigenvalue weighted by atomic mass is 9.98. The van der Waals surface area contributed by atoms with E-state index in [1.807, 2.05) is 35.2 Å². The molecule has 2 fully saturated rings. The number of carbonyl (C=O) groups is 1. The Hall–Kier alpha value is -1.39. The molecule has 4 heteroatoms. The molecule has 0 bridgehead atoms. The smallest absolute Gasteiger partial charge is 0.253 e. The van der Waals surface area contributed by atoms with Crippen molar-refractivity contribution in [1.29, 1.82) is 0 Å². The predicted molar refractivity (Wildman–Crippen MR) is 73.1 cm³/mol. The maximum Gasteiger partial charge on any atom is 0.253 e. The highest BCUT2D eigenvalue weighted by molar-refractivity contribution is 5.94. The first kappa shape index (κ1) is 12.6. The average Bonchev–Trinajstić information content (AvgIpc) is 2.47. The third-order valence-electron chi connectivity index (χ3n) is 4.17. The minimum atomic E-state index is 0.137. The molecule has 0 aliphatic carbocycles. The third kappa shape index (κ3) is 2.51. The van der Waals surface area contributed by atoms with E-state index >= 15 is 0 Å². The Morgan fingerprint density at radius 2 is 2.05 bits per heavy atom. The van der Waals surface area contributed by atoms with E-state index in [0.29, 0.717) is 12.1 Å². The first-order chi connectivity index (χ1) is 9.25. The number of likely N-dealkylation sites (N-methyl/N-ethyl adjacent to an activating group) is 1. The first-order valence-electron chi connectivity index (χ1n) is 6.92. The largest absolute Gasteiger partial charge is 0.375 e. The molecular weight excluding hydrogens is 240 g/mol. The quantitative estimate of drug-likeness (QED) is 0.761. The molecule has 2 aliphatic rings. The van der Waals surface area contributed by atoms with E-state index in [2.05, 4.69) is 11.9 Å². The van der Waals surface area contributed by atoms with Crippen LogP contribution in [0.15, 0.2) is 30.3 Å². The van der Waals surface area contributed by atoms with Crippen molar-refractivity contribution in [3.8, 4) is 0 Å². The Bertz CT molecular complexity index is 449. The van der Waals surface area contributed by atoms with Crippen molar-refractivity contribution in [1.82, 2.24) is 9.80 Å². The van der Waals surface area contributed by atoms with Crippen LogP contribution < -0.4 is 0 Å². The molecule has 1 aromatic carbocycles. The molecule has 2 aliphatic heterocycles. The molecule has 3 rings (SSSR count). The normalized spacial score (nSPS) is 27.9. The maximum atomic E-state index is 12.4. The van der Waals surface area contributed by atoms with Gasteiger partial charge in [0.1, 0.15) is 0 Å². The van der Waals surface area contributed by atoms with Crippen molar-refractivity contribution in [3.05, 3.63) is 35.9 Å². The number of piperidine rings is 1. The summed E-state index contributed by atoms with van der Waals surface area (Å²) >= 11 is 0. The predicted octanol–water partition coefficient (Wildman–Crippen LogP) is 1.23. The van der Waals surface area contributed by atoms with Gasteiger partial charge in [-0.1, -0.05) is 18.2 Å². The van der Waals surface area contributed by atoms with E-state index in [1.54, 1.807) is 0 Å². The number of nitrogens with zero attached hydrogens (tertiary/aromatic N) is 2. The highest BCUT2D eigenvalue weighted by Crippen LogP contribution is 2.23. The van der Waals surface area contributed by atoms with E-state index in [4.69, 9.17) is 4.74 Å². The van der Waals surface area contributed by atoms with Crippen LogP contribution in [-0.4, -0.2) is 61.1 Å². The van der Waals surface area contributed by atoms with Gasteiger partial charge in [-0.05, 0) is 25.6 Å². The molecule has 0 radical (unpaired) electrons. The molecule has 0 aromatic heterocycles. The number of hydrogen-bond donors (Lipinski definition) is 0. The van der Waals surface area contributed by atoms with E-state index < -0.39 is 0 Å². The Kier molecular flexibility index (Phi) is 3.53.